The summed E-state index contributed by atoms with van der Waals surface area (Å²) in [7, 11) is 0. The van der Waals surface area contributed by atoms with Gasteiger partial charge in [-0.25, -0.2) is 4.79 Å². The van der Waals surface area contributed by atoms with Crippen molar-refractivity contribution < 1.29 is 14.7 Å². The second kappa shape index (κ2) is 9.87. The van der Waals surface area contributed by atoms with Gasteiger partial charge in [-0.1, -0.05) is 53.6 Å². The second-order valence-corrected chi connectivity index (χ2v) is 9.36. The fourth-order valence-electron chi connectivity index (χ4n) is 4.10. The molecule has 0 saturated heterocycles. The van der Waals surface area contributed by atoms with Crippen molar-refractivity contribution >= 4 is 29.2 Å². The minimum atomic E-state index is -0.364. The van der Waals surface area contributed by atoms with E-state index in [9.17, 15) is 14.7 Å². The normalized spacial score (nSPS) is 12.8. The van der Waals surface area contributed by atoms with Crippen molar-refractivity contribution in [2.24, 2.45) is 0 Å². The molecular formula is C28H25ClN4O3. The average molecular weight is 501 g/mol. The van der Waals surface area contributed by atoms with E-state index in [0.29, 0.717) is 34.1 Å². The summed E-state index contributed by atoms with van der Waals surface area (Å²) in [5, 5.41) is 21.2. The van der Waals surface area contributed by atoms with Gasteiger partial charge in [0.25, 0.3) is 5.91 Å². The first-order chi connectivity index (χ1) is 17.4. The number of phenolic OH excluding ortho intramolecular Hbond substituents is 1. The molecule has 182 valence electrons. The lowest BCUT2D eigenvalue weighted by Crippen LogP contribution is -2.30. The highest BCUT2D eigenvalue weighted by Crippen LogP contribution is 2.42. The maximum Gasteiger partial charge on any atom is 0.342 e. The third-order valence-corrected chi connectivity index (χ3v) is 6.43. The Hall–Kier alpha value is -4.10. The molecule has 0 radical (unpaired) electrons. The molecule has 1 aliphatic rings. The van der Waals surface area contributed by atoms with E-state index in [1.165, 1.54) is 10.7 Å². The predicted octanol–water partition coefficient (Wildman–Crippen LogP) is 6.11. The van der Waals surface area contributed by atoms with Crippen LogP contribution >= 0.6 is 11.6 Å². The molecule has 8 heteroatoms. The van der Waals surface area contributed by atoms with Gasteiger partial charge in [0, 0.05) is 23.7 Å². The second-order valence-electron chi connectivity index (χ2n) is 8.95. The first kappa shape index (κ1) is 23.6. The summed E-state index contributed by atoms with van der Waals surface area (Å²) in [5.41, 5.74) is 4.62. The van der Waals surface area contributed by atoms with Crippen LogP contribution in [0, 0.1) is 6.92 Å². The van der Waals surface area contributed by atoms with Gasteiger partial charge in [-0.05, 0) is 61.7 Å². The number of hydrogen-bond acceptors (Lipinski definition) is 4. The van der Waals surface area contributed by atoms with E-state index in [2.05, 4.69) is 15.7 Å². The highest BCUT2D eigenvalue weighted by Gasteiger charge is 2.31. The third-order valence-electron chi connectivity index (χ3n) is 6.10. The molecule has 2 amide bonds. The SMILES string of the molecule is Cc1cccc(CNC(=O)n2nc(-c3cc(NC(=O)c4ccccc4Cl)ccc3O)cc2C2CC2)c1. The molecule has 0 bridgehead atoms. The lowest BCUT2D eigenvalue weighted by molar-refractivity contribution is 0.102. The van der Waals surface area contributed by atoms with Crippen molar-refractivity contribution in [2.75, 3.05) is 5.32 Å². The summed E-state index contributed by atoms with van der Waals surface area (Å²) < 4.78 is 1.39. The van der Waals surface area contributed by atoms with Crippen LogP contribution in [0.1, 0.15) is 45.9 Å². The Balaban J connectivity index is 1.39. The van der Waals surface area contributed by atoms with Gasteiger partial charge >= 0.3 is 6.03 Å². The number of aryl methyl sites for hydroxylation is 1. The van der Waals surface area contributed by atoms with E-state index >= 15 is 0 Å². The zero-order valence-electron chi connectivity index (χ0n) is 19.7. The van der Waals surface area contributed by atoms with E-state index in [4.69, 9.17) is 11.6 Å². The van der Waals surface area contributed by atoms with Crippen molar-refractivity contribution in [1.29, 1.82) is 0 Å². The molecule has 0 unspecified atom stereocenters. The standard InChI is InChI=1S/C28H25ClN4O3/c1-17-5-4-6-18(13-17)16-30-28(36)33-25(19-9-10-19)15-24(32-33)22-14-20(11-12-26(22)34)31-27(35)21-7-2-3-8-23(21)29/h2-8,11-15,19,34H,9-10,16H2,1H3,(H,30,36)(H,31,35). The first-order valence-corrected chi connectivity index (χ1v) is 12.1. The zero-order chi connectivity index (χ0) is 25.2. The summed E-state index contributed by atoms with van der Waals surface area (Å²) in [5.74, 6) is -0.115. The van der Waals surface area contributed by atoms with Crippen LogP contribution in [0.15, 0.2) is 72.8 Å². The Morgan fingerprint density at radius 1 is 1.06 bits per heavy atom. The Morgan fingerprint density at radius 2 is 1.86 bits per heavy atom. The van der Waals surface area contributed by atoms with Crippen molar-refractivity contribution in [3.05, 3.63) is 100 Å². The molecule has 4 aromatic rings. The van der Waals surface area contributed by atoms with Crippen LogP contribution in [0.25, 0.3) is 11.3 Å². The summed E-state index contributed by atoms with van der Waals surface area (Å²) >= 11 is 6.14. The maximum atomic E-state index is 13.0. The fraction of sp³-hybridized carbons (Fsp3) is 0.179. The number of phenols is 1. The number of anilines is 1. The molecule has 0 atom stereocenters. The predicted molar refractivity (Wildman–Crippen MR) is 140 cm³/mol. The number of benzene rings is 3. The molecule has 1 aromatic heterocycles. The van der Waals surface area contributed by atoms with Gasteiger partial charge < -0.3 is 15.7 Å². The maximum absolute atomic E-state index is 13.0. The Bertz CT molecular complexity index is 1460. The van der Waals surface area contributed by atoms with Crippen molar-refractivity contribution in [3.63, 3.8) is 0 Å². The summed E-state index contributed by atoms with van der Waals surface area (Å²) in [6.07, 6.45) is 1.96. The highest BCUT2D eigenvalue weighted by atomic mass is 35.5. The Labute approximate surface area is 213 Å². The van der Waals surface area contributed by atoms with Crippen molar-refractivity contribution in [2.45, 2.75) is 32.2 Å². The van der Waals surface area contributed by atoms with E-state index in [1.54, 1.807) is 36.4 Å². The van der Waals surface area contributed by atoms with Crippen molar-refractivity contribution in [1.82, 2.24) is 15.1 Å². The Morgan fingerprint density at radius 3 is 2.61 bits per heavy atom. The number of carbonyl (C=O) groups is 2. The number of nitrogens with zero attached hydrogens (tertiary/aromatic N) is 2. The summed E-state index contributed by atoms with van der Waals surface area (Å²) in [4.78, 5) is 25.7. The molecule has 0 spiro atoms. The zero-order valence-corrected chi connectivity index (χ0v) is 20.4. The molecule has 1 fully saturated rings. The van der Waals surface area contributed by atoms with Gasteiger partial charge in [-0.3, -0.25) is 4.79 Å². The van der Waals surface area contributed by atoms with Crippen LogP contribution < -0.4 is 10.6 Å². The molecule has 1 saturated carbocycles. The molecule has 36 heavy (non-hydrogen) atoms. The number of halogens is 1. The number of carbonyl (C=O) groups excluding carboxylic acids is 2. The lowest BCUT2D eigenvalue weighted by atomic mass is 10.1. The fourth-order valence-corrected chi connectivity index (χ4v) is 4.32. The first-order valence-electron chi connectivity index (χ1n) is 11.7. The van der Waals surface area contributed by atoms with Gasteiger partial charge in [-0.2, -0.15) is 9.78 Å². The van der Waals surface area contributed by atoms with Crippen LogP contribution in [0.5, 0.6) is 5.75 Å². The average Bonchev–Trinajstić information content (AvgIpc) is 3.62. The third kappa shape index (κ3) is 5.11. The quantitative estimate of drug-likeness (QED) is 0.278. The van der Waals surface area contributed by atoms with Gasteiger partial charge in [0.15, 0.2) is 0 Å². The molecule has 1 heterocycles. The number of hydrogen-bond donors (Lipinski definition) is 3. The number of nitrogens with one attached hydrogen (secondary N) is 2. The molecule has 1 aliphatic carbocycles. The van der Waals surface area contributed by atoms with Gasteiger partial charge in [-0.15, -0.1) is 0 Å². The van der Waals surface area contributed by atoms with Crippen molar-refractivity contribution in [3.8, 4) is 17.0 Å². The number of aromatic nitrogens is 2. The van der Waals surface area contributed by atoms with E-state index in [0.717, 1.165) is 29.7 Å². The monoisotopic (exact) mass is 500 g/mol. The smallest absolute Gasteiger partial charge is 0.342 e. The molecule has 3 N–H and O–H groups in total. The highest BCUT2D eigenvalue weighted by molar-refractivity contribution is 6.34. The van der Waals surface area contributed by atoms with Gasteiger partial charge in [0.2, 0.25) is 0 Å². The van der Waals surface area contributed by atoms with Gasteiger partial charge in [0.1, 0.15) is 5.75 Å². The van der Waals surface area contributed by atoms with E-state index in [1.807, 2.05) is 37.3 Å². The largest absolute Gasteiger partial charge is 0.507 e. The van der Waals surface area contributed by atoms with Crippen LogP contribution in [0.3, 0.4) is 0 Å². The summed E-state index contributed by atoms with van der Waals surface area (Å²) in [6, 6.07) is 21.0. The number of aromatic hydroxyl groups is 1. The summed E-state index contributed by atoms with van der Waals surface area (Å²) in [6.45, 7) is 2.39. The molecule has 3 aromatic carbocycles. The van der Waals surface area contributed by atoms with E-state index in [-0.39, 0.29) is 23.6 Å². The minimum Gasteiger partial charge on any atom is -0.507 e. The van der Waals surface area contributed by atoms with Crippen LogP contribution in [-0.4, -0.2) is 26.8 Å². The Kier molecular flexibility index (Phi) is 6.48. The molecule has 5 rings (SSSR count). The lowest BCUT2D eigenvalue weighted by Gasteiger charge is -2.09. The topological polar surface area (TPSA) is 96.3 Å². The molecule has 0 aliphatic heterocycles. The number of amides is 2. The van der Waals surface area contributed by atoms with Crippen LogP contribution in [-0.2, 0) is 6.54 Å². The number of rotatable bonds is 6. The van der Waals surface area contributed by atoms with E-state index < -0.39 is 0 Å². The van der Waals surface area contributed by atoms with Crippen LogP contribution in [0.4, 0.5) is 10.5 Å². The van der Waals surface area contributed by atoms with Crippen LogP contribution in [0.2, 0.25) is 5.02 Å². The van der Waals surface area contributed by atoms with Gasteiger partial charge in [0.05, 0.1) is 22.0 Å². The molecular weight excluding hydrogens is 476 g/mol. The minimum absolute atomic E-state index is 0.00194. The molecule has 7 nitrogen and oxygen atoms in total.